The molecular formula is C20H17F3N4O2. The van der Waals surface area contributed by atoms with E-state index < -0.39 is 29.6 Å². The maximum atomic E-state index is 13.7. The fraction of sp³-hybridized carbons (Fsp3) is 0.150. The lowest BCUT2D eigenvalue weighted by Crippen LogP contribution is -2.30. The molecule has 1 aromatic heterocycles. The fourth-order valence-electron chi connectivity index (χ4n) is 2.65. The lowest BCUT2D eigenvalue weighted by molar-refractivity contribution is -0.116. The van der Waals surface area contributed by atoms with Gasteiger partial charge in [0.05, 0.1) is 5.69 Å². The van der Waals surface area contributed by atoms with Gasteiger partial charge in [-0.1, -0.05) is 0 Å². The molecule has 1 amide bonds. The van der Waals surface area contributed by atoms with Gasteiger partial charge in [-0.25, -0.2) is 18.2 Å². The van der Waals surface area contributed by atoms with E-state index >= 15 is 0 Å². The Morgan fingerprint density at radius 1 is 1.03 bits per heavy atom. The maximum absolute atomic E-state index is 13.7. The van der Waals surface area contributed by atoms with Crippen LogP contribution in [-0.4, -0.2) is 15.5 Å². The third-order valence-electron chi connectivity index (χ3n) is 4.05. The van der Waals surface area contributed by atoms with Crippen molar-refractivity contribution < 1.29 is 18.0 Å². The Balaban J connectivity index is 1.88. The Morgan fingerprint density at radius 3 is 2.48 bits per heavy atom. The number of rotatable bonds is 5. The van der Waals surface area contributed by atoms with Gasteiger partial charge in [0.15, 0.2) is 0 Å². The fourth-order valence-corrected chi connectivity index (χ4v) is 2.65. The molecule has 150 valence electrons. The Hall–Kier alpha value is -3.62. The predicted octanol–water partition coefficient (Wildman–Crippen LogP) is 3.66. The minimum absolute atomic E-state index is 0.0517. The smallest absolute Gasteiger partial charge is 0.255 e. The summed E-state index contributed by atoms with van der Waals surface area (Å²) in [5.74, 6) is -2.61. The van der Waals surface area contributed by atoms with Crippen molar-refractivity contribution in [3.63, 3.8) is 0 Å². The maximum Gasteiger partial charge on any atom is 0.255 e. The van der Waals surface area contributed by atoms with Gasteiger partial charge in [0.25, 0.3) is 5.56 Å². The number of halogens is 3. The molecule has 0 aliphatic carbocycles. The van der Waals surface area contributed by atoms with Crippen LogP contribution in [0.4, 0.5) is 30.5 Å². The van der Waals surface area contributed by atoms with Crippen LogP contribution in [0, 0.1) is 31.3 Å². The van der Waals surface area contributed by atoms with Crippen LogP contribution in [0.1, 0.15) is 11.3 Å². The first-order valence-corrected chi connectivity index (χ1v) is 8.59. The van der Waals surface area contributed by atoms with Crippen LogP contribution in [0.5, 0.6) is 0 Å². The van der Waals surface area contributed by atoms with Gasteiger partial charge in [-0.3, -0.25) is 14.2 Å². The topological polar surface area (TPSA) is 76.0 Å². The lowest BCUT2D eigenvalue weighted by Gasteiger charge is -2.15. The van der Waals surface area contributed by atoms with Crippen LogP contribution in [0.3, 0.4) is 0 Å². The van der Waals surface area contributed by atoms with Crippen molar-refractivity contribution in [3.05, 3.63) is 81.5 Å². The Labute approximate surface area is 164 Å². The second kappa shape index (κ2) is 8.17. The summed E-state index contributed by atoms with van der Waals surface area (Å²) in [6, 6.07) is 8.12. The molecule has 2 N–H and O–H groups in total. The molecule has 29 heavy (non-hydrogen) atoms. The van der Waals surface area contributed by atoms with Crippen molar-refractivity contribution in [3.8, 4) is 0 Å². The van der Waals surface area contributed by atoms with Crippen LogP contribution in [0.2, 0.25) is 0 Å². The first-order chi connectivity index (χ1) is 13.7. The molecule has 0 saturated heterocycles. The number of aryl methyl sites for hydroxylation is 2. The SMILES string of the molecule is Cc1cc(=O)n(CC(=O)Nc2cc(F)ccc2F)c(Nc2ccc(F)c(C)c2)n1. The number of benzene rings is 2. The molecule has 0 bridgehead atoms. The first kappa shape index (κ1) is 20.1. The quantitative estimate of drug-likeness (QED) is 0.683. The van der Waals surface area contributed by atoms with Gasteiger partial charge >= 0.3 is 0 Å². The third kappa shape index (κ3) is 4.81. The predicted molar refractivity (Wildman–Crippen MR) is 103 cm³/mol. The summed E-state index contributed by atoms with van der Waals surface area (Å²) in [6.07, 6.45) is 0. The van der Waals surface area contributed by atoms with Gasteiger partial charge < -0.3 is 10.6 Å². The highest BCUT2D eigenvalue weighted by Gasteiger charge is 2.14. The zero-order valence-electron chi connectivity index (χ0n) is 15.6. The molecule has 0 unspecified atom stereocenters. The van der Waals surface area contributed by atoms with Crippen molar-refractivity contribution in [1.29, 1.82) is 0 Å². The van der Waals surface area contributed by atoms with E-state index in [0.29, 0.717) is 16.9 Å². The Kier molecular flexibility index (Phi) is 5.67. The summed E-state index contributed by atoms with van der Waals surface area (Å²) in [4.78, 5) is 28.9. The van der Waals surface area contributed by atoms with Crippen molar-refractivity contribution >= 4 is 23.2 Å². The molecule has 3 aromatic rings. The summed E-state index contributed by atoms with van der Waals surface area (Å²) < 4.78 is 41.5. The number of carbonyl (C=O) groups excluding carboxylic acids is 1. The normalized spacial score (nSPS) is 10.7. The summed E-state index contributed by atoms with van der Waals surface area (Å²) in [5, 5.41) is 5.11. The summed E-state index contributed by atoms with van der Waals surface area (Å²) in [5.41, 5.74) is 0.396. The molecule has 0 saturated carbocycles. The highest BCUT2D eigenvalue weighted by molar-refractivity contribution is 5.90. The van der Waals surface area contributed by atoms with Crippen molar-refractivity contribution in [2.45, 2.75) is 20.4 Å². The van der Waals surface area contributed by atoms with Crippen molar-refractivity contribution in [1.82, 2.24) is 9.55 Å². The standard InChI is InChI=1S/C20H17F3N4O2/c1-11-7-14(4-6-15(11)22)25-20-24-12(2)8-19(29)27(20)10-18(28)26-17-9-13(21)3-5-16(17)23/h3-9H,10H2,1-2H3,(H,24,25)(H,26,28). The van der Waals surface area contributed by atoms with Crippen LogP contribution in [0.25, 0.3) is 0 Å². The van der Waals surface area contributed by atoms with E-state index in [2.05, 4.69) is 15.6 Å². The van der Waals surface area contributed by atoms with Crippen molar-refractivity contribution in [2.24, 2.45) is 0 Å². The average Bonchev–Trinajstić information content (AvgIpc) is 2.64. The van der Waals surface area contributed by atoms with Gasteiger partial charge in [-0.15, -0.1) is 0 Å². The summed E-state index contributed by atoms with van der Waals surface area (Å²) >= 11 is 0. The number of hydrogen-bond acceptors (Lipinski definition) is 4. The summed E-state index contributed by atoms with van der Waals surface area (Å²) in [6.45, 7) is 2.69. The summed E-state index contributed by atoms with van der Waals surface area (Å²) in [7, 11) is 0. The largest absolute Gasteiger partial charge is 0.326 e. The molecule has 0 atom stereocenters. The molecule has 0 radical (unpaired) electrons. The molecule has 9 heteroatoms. The molecule has 0 fully saturated rings. The van der Waals surface area contributed by atoms with Gasteiger partial charge in [0.1, 0.15) is 24.0 Å². The average molecular weight is 402 g/mol. The molecule has 6 nitrogen and oxygen atoms in total. The second-order valence-corrected chi connectivity index (χ2v) is 6.41. The minimum Gasteiger partial charge on any atom is -0.326 e. The van der Waals surface area contributed by atoms with Crippen LogP contribution in [0.15, 0.2) is 47.3 Å². The van der Waals surface area contributed by atoms with Crippen LogP contribution < -0.4 is 16.2 Å². The first-order valence-electron chi connectivity index (χ1n) is 8.59. The van der Waals surface area contributed by atoms with Crippen LogP contribution >= 0.6 is 0 Å². The van der Waals surface area contributed by atoms with E-state index in [1.54, 1.807) is 13.8 Å². The number of aromatic nitrogens is 2. The van der Waals surface area contributed by atoms with E-state index in [1.807, 2.05) is 0 Å². The Morgan fingerprint density at radius 2 is 1.76 bits per heavy atom. The molecule has 0 spiro atoms. The monoisotopic (exact) mass is 402 g/mol. The number of amides is 1. The van der Waals surface area contributed by atoms with Gasteiger partial charge in [-0.05, 0) is 49.7 Å². The molecule has 1 heterocycles. The number of hydrogen-bond donors (Lipinski definition) is 2. The molecule has 3 rings (SSSR count). The van der Waals surface area contributed by atoms with E-state index in [-0.39, 0.29) is 17.5 Å². The van der Waals surface area contributed by atoms with Crippen molar-refractivity contribution in [2.75, 3.05) is 10.6 Å². The van der Waals surface area contributed by atoms with Crippen LogP contribution in [-0.2, 0) is 11.3 Å². The number of nitrogens with one attached hydrogen (secondary N) is 2. The number of carbonyl (C=O) groups is 1. The molecule has 2 aromatic carbocycles. The van der Waals surface area contributed by atoms with Gasteiger partial charge in [-0.2, -0.15) is 0 Å². The second-order valence-electron chi connectivity index (χ2n) is 6.41. The number of anilines is 3. The zero-order valence-corrected chi connectivity index (χ0v) is 15.6. The lowest BCUT2D eigenvalue weighted by atomic mass is 10.2. The Bertz CT molecular complexity index is 1150. The number of nitrogens with zero attached hydrogens (tertiary/aromatic N) is 2. The van der Waals surface area contributed by atoms with Gasteiger partial charge in [0, 0.05) is 23.5 Å². The highest BCUT2D eigenvalue weighted by atomic mass is 19.1. The van der Waals surface area contributed by atoms with E-state index in [4.69, 9.17) is 0 Å². The van der Waals surface area contributed by atoms with E-state index in [1.165, 1.54) is 24.3 Å². The highest BCUT2D eigenvalue weighted by Crippen LogP contribution is 2.18. The molecule has 0 aliphatic rings. The minimum atomic E-state index is -0.811. The molecular weight excluding hydrogens is 385 g/mol. The van der Waals surface area contributed by atoms with E-state index in [0.717, 1.165) is 22.8 Å². The zero-order chi connectivity index (χ0) is 21.1. The van der Waals surface area contributed by atoms with E-state index in [9.17, 15) is 22.8 Å². The van der Waals surface area contributed by atoms with Gasteiger partial charge in [0.2, 0.25) is 11.9 Å². The third-order valence-corrected chi connectivity index (χ3v) is 4.05. The molecule has 0 aliphatic heterocycles.